The van der Waals surface area contributed by atoms with Crippen molar-refractivity contribution in [1.82, 2.24) is 15.0 Å². The highest BCUT2D eigenvalue weighted by Gasteiger charge is 2.22. The standard InChI is InChI=1S/C14H12ClFN4OS/c1-7-18-6-11-13(19-7)14(10(5-17)20-11)22(21)12-3-2-8(15)4-9(12)16/h2-4,6,20H,5,17H2,1H3. The van der Waals surface area contributed by atoms with Gasteiger partial charge in [0.1, 0.15) is 17.2 Å². The quantitative estimate of drug-likeness (QED) is 0.769. The van der Waals surface area contributed by atoms with Crippen molar-refractivity contribution in [2.75, 3.05) is 0 Å². The lowest BCUT2D eigenvalue weighted by Gasteiger charge is -2.05. The summed E-state index contributed by atoms with van der Waals surface area (Å²) in [7, 11) is -1.76. The zero-order valence-corrected chi connectivity index (χ0v) is 13.1. The molecule has 22 heavy (non-hydrogen) atoms. The van der Waals surface area contributed by atoms with E-state index >= 15 is 0 Å². The number of hydrogen-bond acceptors (Lipinski definition) is 4. The summed E-state index contributed by atoms with van der Waals surface area (Å²) in [6.45, 7) is 1.86. The van der Waals surface area contributed by atoms with Crippen molar-refractivity contribution in [3.05, 3.63) is 46.8 Å². The molecule has 0 bridgehead atoms. The van der Waals surface area contributed by atoms with Crippen LogP contribution in [0.25, 0.3) is 11.0 Å². The number of nitrogens with zero attached hydrogens (tertiary/aromatic N) is 2. The molecule has 0 aliphatic rings. The van der Waals surface area contributed by atoms with Gasteiger partial charge in [-0.3, -0.25) is 0 Å². The largest absolute Gasteiger partial charge is 0.354 e. The molecular weight excluding hydrogens is 327 g/mol. The summed E-state index contributed by atoms with van der Waals surface area (Å²) in [6.07, 6.45) is 1.59. The molecule has 1 atom stereocenters. The Hall–Kier alpha value is -1.83. The van der Waals surface area contributed by atoms with E-state index in [-0.39, 0.29) is 16.5 Å². The van der Waals surface area contributed by atoms with Crippen molar-refractivity contribution in [2.45, 2.75) is 23.3 Å². The van der Waals surface area contributed by atoms with E-state index in [0.717, 1.165) is 6.07 Å². The second-order valence-electron chi connectivity index (χ2n) is 4.66. The molecule has 5 nitrogen and oxygen atoms in total. The zero-order valence-electron chi connectivity index (χ0n) is 11.6. The van der Waals surface area contributed by atoms with E-state index in [0.29, 0.717) is 27.4 Å². The number of halogens is 2. The fourth-order valence-corrected chi connectivity index (χ4v) is 3.67. The zero-order chi connectivity index (χ0) is 15.9. The molecule has 0 aliphatic carbocycles. The average Bonchev–Trinajstić information content (AvgIpc) is 2.84. The van der Waals surface area contributed by atoms with Crippen LogP contribution in [-0.2, 0) is 17.3 Å². The van der Waals surface area contributed by atoms with Gasteiger partial charge in [-0.15, -0.1) is 0 Å². The first-order valence-corrected chi connectivity index (χ1v) is 7.95. The molecule has 3 aromatic rings. The summed E-state index contributed by atoms with van der Waals surface area (Å²) >= 11 is 5.74. The van der Waals surface area contributed by atoms with E-state index in [1.54, 1.807) is 13.1 Å². The molecule has 1 aromatic carbocycles. The van der Waals surface area contributed by atoms with Crippen molar-refractivity contribution in [1.29, 1.82) is 0 Å². The Morgan fingerprint density at radius 1 is 1.45 bits per heavy atom. The lowest BCUT2D eigenvalue weighted by atomic mass is 10.3. The molecule has 0 fully saturated rings. The molecule has 3 N–H and O–H groups in total. The number of nitrogens with one attached hydrogen (secondary N) is 1. The van der Waals surface area contributed by atoms with Crippen molar-refractivity contribution in [3.63, 3.8) is 0 Å². The lowest BCUT2D eigenvalue weighted by molar-refractivity contribution is 0.595. The number of hydrogen-bond donors (Lipinski definition) is 2. The van der Waals surface area contributed by atoms with Gasteiger partial charge in [0.2, 0.25) is 0 Å². The monoisotopic (exact) mass is 338 g/mol. The van der Waals surface area contributed by atoms with E-state index in [1.165, 1.54) is 12.1 Å². The van der Waals surface area contributed by atoms with Crippen LogP contribution in [0.1, 0.15) is 11.5 Å². The average molecular weight is 339 g/mol. The van der Waals surface area contributed by atoms with Crippen LogP contribution in [0.3, 0.4) is 0 Å². The van der Waals surface area contributed by atoms with Crippen molar-refractivity contribution in [2.24, 2.45) is 5.73 Å². The van der Waals surface area contributed by atoms with Crippen LogP contribution < -0.4 is 5.73 Å². The molecule has 0 saturated carbocycles. The van der Waals surface area contributed by atoms with Crippen molar-refractivity contribution < 1.29 is 8.60 Å². The predicted octanol–water partition coefficient (Wildman–Crippen LogP) is 2.68. The van der Waals surface area contributed by atoms with Gasteiger partial charge in [0.05, 0.1) is 32.3 Å². The minimum absolute atomic E-state index is 0.0382. The molecule has 114 valence electrons. The van der Waals surface area contributed by atoms with Gasteiger partial charge in [0, 0.05) is 17.3 Å². The molecule has 0 amide bonds. The Labute approximate surface area is 133 Å². The Kier molecular flexibility index (Phi) is 3.94. The molecule has 0 aliphatic heterocycles. The minimum Gasteiger partial charge on any atom is -0.354 e. The Balaban J connectivity index is 2.23. The highest BCUT2D eigenvalue weighted by Crippen LogP contribution is 2.29. The first-order chi connectivity index (χ1) is 10.5. The summed E-state index contributed by atoms with van der Waals surface area (Å²) in [4.78, 5) is 11.8. The van der Waals surface area contributed by atoms with Gasteiger partial charge in [-0.25, -0.2) is 18.6 Å². The molecule has 3 rings (SSSR count). The number of aromatic amines is 1. The van der Waals surface area contributed by atoms with E-state index in [1.807, 2.05) is 0 Å². The molecule has 0 saturated heterocycles. The summed E-state index contributed by atoms with van der Waals surface area (Å²) in [6, 6.07) is 4.03. The fourth-order valence-electron chi connectivity index (χ4n) is 2.18. The van der Waals surface area contributed by atoms with Gasteiger partial charge in [0.25, 0.3) is 0 Å². The van der Waals surface area contributed by atoms with Crippen LogP contribution in [0.5, 0.6) is 0 Å². The van der Waals surface area contributed by atoms with Crippen LogP contribution in [0, 0.1) is 12.7 Å². The van der Waals surface area contributed by atoms with Crippen LogP contribution in [-0.4, -0.2) is 19.2 Å². The second-order valence-corrected chi connectivity index (χ2v) is 6.48. The lowest BCUT2D eigenvalue weighted by Crippen LogP contribution is -2.04. The Bertz CT molecular complexity index is 896. The molecule has 2 heterocycles. The fraction of sp³-hybridized carbons (Fsp3) is 0.143. The third kappa shape index (κ3) is 2.51. The molecular formula is C14H12ClFN4OS. The summed E-state index contributed by atoms with van der Waals surface area (Å²) in [5, 5.41) is 0.245. The maximum atomic E-state index is 14.1. The van der Waals surface area contributed by atoms with Crippen LogP contribution >= 0.6 is 11.6 Å². The van der Waals surface area contributed by atoms with Crippen LogP contribution in [0.15, 0.2) is 34.2 Å². The van der Waals surface area contributed by atoms with Gasteiger partial charge in [0.15, 0.2) is 0 Å². The van der Waals surface area contributed by atoms with Gasteiger partial charge in [-0.05, 0) is 25.1 Å². The highest BCUT2D eigenvalue weighted by atomic mass is 35.5. The number of aryl methyl sites for hydroxylation is 1. The van der Waals surface area contributed by atoms with Gasteiger partial charge in [-0.1, -0.05) is 11.6 Å². The molecule has 0 spiro atoms. The van der Waals surface area contributed by atoms with E-state index in [2.05, 4.69) is 15.0 Å². The number of aromatic nitrogens is 3. The van der Waals surface area contributed by atoms with Crippen molar-refractivity contribution >= 4 is 33.4 Å². The minimum atomic E-state index is -1.76. The maximum Gasteiger partial charge on any atom is 0.141 e. The molecule has 0 radical (unpaired) electrons. The number of nitrogens with two attached hydrogens (primary N) is 1. The first kappa shape index (κ1) is 15.1. The number of H-pyrrole nitrogens is 1. The van der Waals surface area contributed by atoms with Gasteiger partial charge in [-0.2, -0.15) is 0 Å². The molecule has 1 unspecified atom stereocenters. The molecule has 8 heteroatoms. The highest BCUT2D eigenvalue weighted by molar-refractivity contribution is 7.85. The molecule has 2 aromatic heterocycles. The summed E-state index contributed by atoms with van der Waals surface area (Å²) < 4.78 is 26.9. The Morgan fingerprint density at radius 2 is 2.23 bits per heavy atom. The smallest absolute Gasteiger partial charge is 0.141 e. The third-order valence-electron chi connectivity index (χ3n) is 3.17. The summed E-state index contributed by atoms with van der Waals surface area (Å²) in [5.74, 6) is -0.0983. The van der Waals surface area contributed by atoms with E-state index < -0.39 is 16.6 Å². The van der Waals surface area contributed by atoms with Crippen LogP contribution in [0.4, 0.5) is 4.39 Å². The Morgan fingerprint density at radius 3 is 2.91 bits per heavy atom. The maximum absolute atomic E-state index is 14.1. The number of rotatable bonds is 3. The number of fused-ring (bicyclic) bond motifs is 1. The van der Waals surface area contributed by atoms with Crippen molar-refractivity contribution in [3.8, 4) is 0 Å². The topological polar surface area (TPSA) is 84.7 Å². The van der Waals surface area contributed by atoms with E-state index in [9.17, 15) is 8.60 Å². The van der Waals surface area contributed by atoms with Crippen LogP contribution in [0.2, 0.25) is 5.02 Å². The normalized spacial score (nSPS) is 12.7. The van der Waals surface area contributed by atoms with E-state index in [4.69, 9.17) is 17.3 Å². The third-order valence-corrected chi connectivity index (χ3v) is 4.94. The second kappa shape index (κ2) is 5.75. The number of benzene rings is 1. The predicted molar refractivity (Wildman–Crippen MR) is 82.6 cm³/mol. The summed E-state index contributed by atoms with van der Waals surface area (Å²) in [5.41, 5.74) is 7.35. The van der Waals surface area contributed by atoms with Gasteiger partial charge < -0.3 is 10.7 Å². The van der Waals surface area contributed by atoms with Gasteiger partial charge >= 0.3 is 0 Å². The first-order valence-electron chi connectivity index (χ1n) is 6.42. The SMILES string of the molecule is Cc1ncc2[nH]c(CN)c(S(=O)c3ccc(Cl)cc3F)c2n1.